The molecular weight excluding hydrogens is 204 g/mol. The number of pyridine rings is 1. The smallest absolute Gasteiger partial charge is 0.238 e. The summed E-state index contributed by atoms with van der Waals surface area (Å²) in [5, 5.41) is 1.23. The molecule has 72 valence electrons. The monoisotopic (exact) mass is 210 g/mol. The lowest BCUT2D eigenvalue weighted by Gasteiger charge is -2.00. The number of fused-ring (bicyclic) bond motifs is 1. The number of aldehydes is 1. The second kappa shape index (κ2) is 3.31. The van der Waals surface area contributed by atoms with Crippen LogP contribution in [0, 0.1) is 0 Å². The number of hydrogen-bond acceptors (Lipinski definition) is 3. The molecule has 0 aromatic carbocycles. The van der Waals surface area contributed by atoms with Gasteiger partial charge in [-0.2, -0.15) is 0 Å². The molecule has 0 saturated carbocycles. The predicted octanol–water partition coefficient (Wildman–Crippen LogP) is 2.04. The number of methoxy groups -OCH3 is 1. The quantitative estimate of drug-likeness (QED) is 0.772. The molecule has 5 heteroatoms. The standard InChI is InChI=1S/C9H7ClN2O2/c1-14-9-8-6(7(10)3-11-9)2-5(4-13)12-8/h2-4,12H,1H3. The van der Waals surface area contributed by atoms with Crippen LogP contribution in [0.1, 0.15) is 10.5 Å². The molecule has 0 aliphatic heterocycles. The van der Waals surface area contributed by atoms with E-state index in [1.54, 1.807) is 6.07 Å². The van der Waals surface area contributed by atoms with E-state index in [1.165, 1.54) is 13.3 Å². The van der Waals surface area contributed by atoms with Gasteiger partial charge in [-0.05, 0) is 6.07 Å². The van der Waals surface area contributed by atoms with Crippen molar-refractivity contribution in [2.45, 2.75) is 0 Å². The number of hydrogen-bond donors (Lipinski definition) is 1. The molecule has 0 radical (unpaired) electrons. The molecule has 0 aliphatic rings. The number of nitrogens with zero attached hydrogens (tertiary/aromatic N) is 1. The molecule has 2 aromatic rings. The summed E-state index contributed by atoms with van der Waals surface area (Å²) in [7, 11) is 1.51. The van der Waals surface area contributed by atoms with E-state index in [0.717, 1.165) is 11.7 Å². The molecule has 0 fully saturated rings. The van der Waals surface area contributed by atoms with Crippen molar-refractivity contribution in [1.82, 2.24) is 9.97 Å². The second-order valence-electron chi connectivity index (χ2n) is 2.75. The molecule has 0 unspecified atom stereocenters. The van der Waals surface area contributed by atoms with Crippen molar-refractivity contribution in [3.63, 3.8) is 0 Å². The Morgan fingerprint density at radius 1 is 1.64 bits per heavy atom. The van der Waals surface area contributed by atoms with E-state index in [9.17, 15) is 4.79 Å². The molecule has 1 N–H and O–H groups in total. The third-order valence-corrected chi connectivity index (χ3v) is 2.23. The van der Waals surface area contributed by atoms with Gasteiger partial charge in [0.15, 0.2) is 6.29 Å². The average molecular weight is 211 g/mol. The van der Waals surface area contributed by atoms with E-state index >= 15 is 0 Å². The van der Waals surface area contributed by atoms with E-state index < -0.39 is 0 Å². The largest absolute Gasteiger partial charge is 0.479 e. The maximum absolute atomic E-state index is 10.6. The highest BCUT2D eigenvalue weighted by Gasteiger charge is 2.09. The van der Waals surface area contributed by atoms with E-state index in [0.29, 0.717) is 22.1 Å². The molecule has 0 spiro atoms. The third kappa shape index (κ3) is 1.24. The van der Waals surface area contributed by atoms with Crippen LogP contribution in [-0.4, -0.2) is 23.4 Å². The van der Waals surface area contributed by atoms with Crippen molar-refractivity contribution < 1.29 is 9.53 Å². The molecular formula is C9H7ClN2O2. The summed E-state index contributed by atoms with van der Waals surface area (Å²) < 4.78 is 5.02. The summed E-state index contributed by atoms with van der Waals surface area (Å²) in [6.07, 6.45) is 2.21. The first-order valence-electron chi connectivity index (χ1n) is 3.92. The summed E-state index contributed by atoms with van der Waals surface area (Å²) in [5.74, 6) is 0.428. The van der Waals surface area contributed by atoms with Crippen molar-refractivity contribution in [2.24, 2.45) is 0 Å². The summed E-state index contributed by atoms with van der Waals surface area (Å²) in [5.41, 5.74) is 1.09. The van der Waals surface area contributed by atoms with Gasteiger partial charge in [-0.3, -0.25) is 4.79 Å². The van der Waals surface area contributed by atoms with Crippen molar-refractivity contribution in [1.29, 1.82) is 0 Å². The van der Waals surface area contributed by atoms with Crippen LogP contribution in [0.25, 0.3) is 10.9 Å². The number of aromatic amines is 1. The maximum atomic E-state index is 10.6. The zero-order valence-corrected chi connectivity index (χ0v) is 8.13. The van der Waals surface area contributed by atoms with Gasteiger partial charge in [0.2, 0.25) is 5.88 Å². The number of carbonyl (C=O) groups excluding carboxylic acids is 1. The van der Waals surface area contributed by atoms with Gasteiger partial charge >= 0.3 is 0 Å². The molecule has 4 nitrogen and oxygen atoms in total. The maximum Gasteiger partial charge on any atom is 0.238 e. The van der Waals surface area contributed by atoms with E-state index in [2.05, 4.69) is 9.97 Å². The first-order valence-corrected chi connectivity index (χ1v) is 4.30. The zero-order chi connectivity index (χ0) is 10.1. The first-order chi connectivity index (χ1) is 6.76. The van der Waals surface area contributed by atoms with Crippen molar-refractivity contribution in [3.8, 4) is 5.88 Å². The summed E-state index contributed by atoms with van der Waals surface area (Å²) in [6.45, 7) is 0. The number of halogens is 1. The lowest BCUT2D eigenvalue weighted by molar-refractivity contribution is 0.112. The highest BCUT2D eigenvalue weighted by atomic mass is 35.5. The zero-order valence-electron chi connectivity index (χ0n) is 7.37. The SMILES string of the molecule is COc1ncc(Cl)c2cc(C=O)[nH]c12. The fraction of sp³-hybridized carbons (Fsp3) is 0.111. The Balaban J connectivity index is 2.81. The Labute approximate surface area is 84.9 Å². The van der Waals surface area contributed by atoms with Crippen molar-refractivity contribution in [2.75, 3.05) is 7.11 Å². The lowest BCUT2D eigenvalue weighted by Crippen LogP contribution is -1.88. The molecule has 0 atom stereocenters. The van der Waals surface area contributed by atoms with Gasteiger partial charge in [-0.15, -0.1) is 0 Å². The van der Waals surface area contributed by atoms with Crippen LogP contribution in [0.3, 0.4) is 0 Å². The number of aromatic nitrogens is 2. The fourth-order valence-corrected chi connectivity index (χ4v) is 1.50. The lowest BCUT2D eigenvalue weighted by atomic mass is 10.3. The Kier molecular flexibility index (Phi) is 2.13. The highest BCUT2D eigenvalue weighted by molar-refractivity contribution is 6.35. The van der Waals surface area contributed by atoms with Gasteiger partial charge in [0.25, 0.3) is 0 Å². The van der Waals surface area contributed by atoms with Gasteiger partial charge in [0, 0.05) is 5.39 Å². The normalized spacial score (nSPS) is 10.4. The molecule has 2 aromatic heterocycles. The van der Waals surface area contributed by atoms with E-state index in [-0.39, 0.29) is 0 Å². The van der Waals surface area contributed by atoms with Crippen LogP contribution in [0.4, 0.5) is 0 Å². The minimum atomic E-state index is 0.428. The number of H-pyrrole nitrogens is 1. The minimum absolute atomic E-state index is 0.428. The minimum Gasteiger partial charge on any atom is -0.479 e. The van der Waals surface area contributed by atoms with Gasteiger partial charge in [-0.25, -0.2) is 4.98 Å². The Bertz CT molecular complexity index is 493. The second-order valence-corrected chi connectivity index (χ2v) is 3.15. The third-order valence-electron chi connectivity index (χ3n) is 1.93. The Morgan fingerprint density at radius 2 is 2.43 bits per heavy atom. The van der Waals surface area contributed by atoms with Crippen LogP contribution in [0.5, 0.6) is 5.88 Å². The van der Waals surface area contributed by atoms with Crippen LogP contribution >= 0.6 is 11.6 Å². The van der Waals surface area contributed by atoms with Crippen molar-refractivity contribution >= 4 is 28.8 Å². The molecule has 14 heavy (non-hydrogen) atoms. The van der Waals surface area contributed by atoms with Crippen LogP contribution in [-0.2, 0) is 0 Å². The summed E-state index contributed by atoms with van der Waals surface area (Å²) in [4.78, 5) is 17.4. The number of rotatable bonds is 2. The van der Waals surface area contributed by atoms with E-state index in [4.69, 9.17) is 16.3 Å². The van der Waals surface area contributed by atoms with E-state index in [1.807, 2.05) is 0 Å². The van der Waals surface area contributed by atoms with Crippen molar-refractivity contribution in [3.05, 3.63) is 23.0 Å². The van der Waals surface area contributed by atoms with Crippen LogP contribution < -0.4 is 4.74 Å². The predicted molar refractivity (Wildman–Crippen MR) is 53.0 cm³/mol. The fourth-order valence-electron chi connectivity index (χ4n) is 1.30. The first kappa shape index (κ1) is 9.02. The summed E-state index contributed by atoms with van der Waals surface area (Å²) in [6, 6.07) is 1.66. The number of nitrogens with one attached hydrogen (secondary N) is 1. The summed E-state index contributed by atoms with van der Waals surface area (Å²) >= 11 is 5.90. The Morgan fingerprint density at radius 3 is 3.07 bits per heavy atom. The van der Waals surface area contributed by atoms with Gasteiger partial charge in [0.1, 0.15) is 5.52 Å². The molecule has 0 aliphatic carbocycles. The van der Waals surface area contributed by atoms with Crippen LogP contribution in [0.15, 0.2) is 12.3 Å². The molecule has 2 heterocycles. The average Bonchev–Trinajstić information content (AvgIpc) is 2.63. The molecule has 0 saturated heterocycles. The topological polar surface area (TPSA) is 55.0 Å². The molecule has 2 rings (SSSR count). The van der Waals surface area contributed by atoms with Crippen LogP contribution in [0.2, 0.25) is 5.02 Å². The van der Waals surface area contributed by atoms with Gasteiger partial charge in [0.05, 0.1) is 24.0 Å². The molecule has 0 amide bonds. The Hall–Kier alpha value is -1.55. The number of carbonyl (C=O) groups is 1. The molecule has 0 bridgehead atoms. The highest BCUT2D eigenvalue weighted by Crippen LogP contribution is 2.28. The van der Waals surface area contributed by atoms with Gasteiger partial charge < -0.3 is 9.72 Å². The number of ether oxygens (including phenoxy) is 1. The van der Waals surface area contributed by atoms with Gasteiger partial charge in [-0.1, -0.05) is 11.6 Å².